The fraction of sp³-hybridized carbons (Fsp3) is 0.316. The van der Waals surface area contributed by atoms with Crippen LogP contribution in [0.4, 0.5) is 17.1 Å². The molecule has 2 aromatic rings. The molecule has 130 valence electrons. The van der Waals surface area contributed by atoms with Crippen molar-refractivity contribution >= 4 is 28.9 Å². The third-order valence-electron chi connectivity index (χ3n) is 4.12. The molecule has 1 aliphatic heterocycles. The summed E-state index contributed by atoms with van der Waals surface area (Å²) < 4.78 is 0. The number of hydrogen-bond donors (Lipinski definition) is 2. The van der Waals surface area contributed by atoms with Gasteiger partial charge in [-0.2, -0.15) is 0 Å². The molecule has 2 amide bonds. The second-order valence-electron chi connectivity index (χ2n) is 6.20. The van der Waals surface area contributed by atoms with Gasteiger partial charge in [0, 0.05) is 37.6 Å². The Balaban J connectivity index is 1.68. The lowest BCUT2D eigenvalue weighted by Crippen LogP contribution is -2.35. The summed E-state index contributed by atoms with van der Waals surface area (Å²) in [5.41, 5.74) is 2.96. The zero-order chi connectivity index (χ0) is 17.6. The average Bonchev–Trinajstić information content (AvgIpc) is 2.63. The normalized spacial score (nSPS) is 14.0. The van der Waals surface area contributed by atoms with E-state index in [1.165, 1.54) is 13.3 Å². The topological polar surface area (TPSA) is 74.3 Å². The molecule has 0 radical (unpaired) electrons. The molecule has 2 N–H and O–H groups in total. The van der Waals surface area contributed by atoms with Crippen LogP contribution in [0.25, 0.3) is 0 Å². The Bertz CT molecular complexity index is 752. The van der Waals surface area contributed by atoms with Gasteiger partial charge in [-0.25, -0.2) is 0 Å². The number of amides is 2. The number of rotatable bonds is 4. The molecular formula is C19H22N4O2. The second kappa shape index (κ2) is 7.79. The number of nitrogens with zero attached hydrogens (tertiary/aromatic N) is 2. The van der Waals surface area contributed by atoms with E-state index < -0.39 is 0 Å². The van der Waals surface area contributed by atoms with Crippen LogP contribution >= 0.6 is 0 Å². The molecule has 1 aliphatic rings. The van der Waals surface area contributed by atoms with Gasteiger partial charge in [-0.05, 0) is 49.6 Å². The molecule has 0 unspecified atom stereocenters. The predicted molar refractivity (Wildman–Crippen MR) is 98.0 cm³/mol. The number of piperidine rings is 1. The number of carbonyl (C=O) groups is 2. The van der Waals surface area contributed by atoms with Crippen molar-refractivity contribution < 1.29 is 9.59 Å². The van der Waals surface area contributed by atoms with Gasteiger partial charge in [0.05, 0.1) is 17.4 Å². The van der Waals surface area contributed by atoms with Crippen molar-refractivity contribution in [1.29, 1.82) is 0 Å². The second-order valence-corrected chi connectivity index (χ2v) is 6.20. The fourth-order valence-corrected chi connectivity index (χ4v) is 2.91. The minimum absolute atomic E-state index is 0.0388. The first-order valence-corrected chi connectivity index (χ1v) is 8.51. The van der Waals surface area contributed by atoms with E-state index >= 15 is 0 Å². The summed E-state index contributed by atoms with van der Waals surface area (Å²) in [6.45, 7) is 3.12. The van der Waals surface area contributed by atoms with Gasteiger partial charge in [-0.15, -0.1) is 0 Å². The molecule has 25 heavy (non-hydrogen) atoms. The zero-order valence-electron chi connectivity index (χ0n) is 14.3. The van der Waals surface area contributed by atoms with Crippen LogP contribution in [0.5, 0.6) is 0 Å². The molecule has 0 spiro atoms. The SMILES string of the molecule is CC(=O)Nc1ccc(Nc2cncc(C(=O)N3CCCCC3)c2)cc1. The molecule has 6 nitrogen and oxygen atoms in total. The highest BCUT2D eigenvalue weighted by atomic mass is 16.2. The summed E-state index contributed by atoms with van der Waals surface area (Å²) >= 11 is 0. The van der Waals surface area contributed by atoms with E-state index in [0.29, 0.717) is 5.56 Å². The van der Waals surface area contributed by atoms with Crippen molar-refractivity contribution in [3.8, 4) is 0 Å². The lowest BCUT2D eigenvalue weighted by Gasteiger charge is -2.26. The van der Waals surface area contributed by atoms with Crippen LogP contribution in [0.2, 0.25) is 0 Å². The van der Waals surface area contributed by atoms with Crippen molar-refractivity contribution in [1.82, 2.24) is 9.88 Å². The lowest BCUT2D eigenvalue weighted by atomic mass is 10.1. The summed E-state index contributed by atoms with van der Waals surface area (Å²) in [6, 6.07) is 9.19. The molecule has 2 heterocycles. The van der Waals surface area contributed by atoms with E-state index in [9.17, 15) is 9.59 Å². The number of nitrogens with one attached hydrogen (secondary N) is 2. The summed E-state index contributed by atoms with van der Waals surface area (Å²) in [6.07, 6.45) is 6.63. The molecule has 6 heteroatoms. The molecule has 0 saturated carbocycles. The first-order valence-electron chi connectivity index (χ1n) is 8.51. The van der Waals surface area contributed by atoms with Gasteiger partial charge in [0.15, 0.2) is 0 Å². The van der Waals surface area contributed by atoms with Crippen molar-refractivity contribution in [2.45, 2.75) is 26.2 Å². The molecule has 3 rings (SSSR count). The van der Waals surface area contributed by atoms with Gasteiger partial charge < -0.3 is 15.5 Å². The molecule has 0 aliphatic carbocycles. The van der Waals surface area contributed by atoms with Crippen LogP contribution in [-0.2, 0) is 4.79 Å². The van der Waals surface area contributed by atoms with E-state index in [-0.39, 0.29) is 11.8 Å². The maximum absolute atomic E-state index is 12.6. The van der Waals surface area contributed by atoms with E-state index in [1.54, 1.807) is 12.4 Å². The van der Waals surface area contributed by atoms with Crippen molar-refractivity contribution in [2.24, 2.45) is 0 Å². The summed E-state index contributed by atoms with van der Waals surface area (Å²) in [7, 11) is 0. The van der Waals surface area contributed by atoms with Gasteiger partial charge in [0.1, 0.15) is 0 Å². The van der Waals surface area contributed by atoms with Crippen molar-refractivity contribution in [3.05, 3.63) is 48.3 Å². The maximum atomic E-state index is 12.6. The van der Waals surface area contributed by atoms with Crippen LogP contribution in [0, 0.1) is 0 Å². The van der Waals surface area contributed by atoms with Crippen molar-refractivity contribution in [2.75, 3.05) is 23.7 Å². The van der Waals surface area contributed by atoms with Gasteiger partial charge in [0.2, 0.25) is 5.91 Å². The highest BCUT2D eigenvalue weighted by molar-refractivity contribution is 5.95. The minimum Gasteiger partial charge on any atom is -0.354 e. The Morgan fingerprint density at radius 3 is 2.32 bits per heavy atom. The molecule has 0 bridgehead atoms. The number of likely N-dealkylation sites (tertiary alicyclic amines) is 1. The summed E-state index contributed by atoms with van der Waals surface area (Å²) in [5, 5.41) is 5.96. The number of anilines is 3. The van der Waals surface area contributed by atoms with Crippen LogP contribution in [0.1, 0.15) is 36.5 Å². The smallest absolute Gasteiger partial charge is 0.255 e. The Labute approximate surface area is 147 Å². The highest BCUT2D eigenvalue weighted by Crippen LogP contribution is 2.20. The Morgan fingerprint density at radius 1 is 0.960 bits per heavy atom. The van der Waals surface area contributed by atoms with Gasteiger partial charge in [0.25, 0.3) is 5.91 Å². The Morgan fingerprint density at radius 2 is 1.64 bits per heavy atom. The van der Waals surface area contributed by atoms with E-state index in [4.69, 9.17) is 0 Å². The number of carbonyl (C=O) groups excluding carboxylic acids is 2. The van der Waals surface area contributed by atoms with Crippen LogP contribution in [0.15, 0.2) is 42.7 Å². The molecule has 1 fully saturated rings. The first kappa shape index (κ1) is 17.0. The molecule has 1 aromatic heterocycles. The van der Waals surface area contributed by atoms with Crippen LogP contribution < -0.4 is 10.6 Å². The van der Waals surface area contributed by atoms with Crippen LogP contribution in [0.3, 0.4) is 0 Å². The zero-order valence-corrected chi connectivity index (χ0v) is 14.3. The number of aromatic nitrogens is 1. The minimum atomic E-state index is -0.103. The molecule has 0 atom stereocenters. The number of pyridine rings is 1. The van der Waals surface area contributed by atoms with Gasteiger partial charge in [-0.1, -0.05) is 0 Å². The van der Waals surface area contributed by atoms with Gasteiger partial charge >= 0.3 is 0 Å². The molecule has 1 aromatic carbocycles. The largest absolute Gasteiger partial charge is 0.354 e. The van der Waals surface area contributed by atoms with Gasteiger partial charge in [-0.3, -0.25) is 14.6 Å². The predicted octanol–water partition coefficient (Wildman–Crippen LogP) is 3.41. The third-order valence-corrected chi connectivity index (χ3v) is 4.12. The van der Waals surface area contributed by atoms with E-state index in [0.717, 1.165) is 43.0 Å². The standard InChI is InChI=1S/C19H22N4O2/c1-14(24)21-16-5-7-17(8-6-16)22-18-11-15(12-20-13-18)19(25)23-9-3-2-4-10-23/h5-8,11-13,22H,2-4,9-10H2,1H3,(H,21,24). The lowest BCUT2D eigenvalue weighted by molar-refractivity contribution is -0.114. The first-order chi connectivity index (χ1) is 12.1. The average molecular weight is 338 g/mol. The monoisotopic (exact) mass is 338 g/mol. The maximum Gasteiger partial charge on any atom is 0.255 e. The highest BCUT2D eigenvalue weighted by Gasteiger charge is 2.18. The van der Waals surface area contributed by atoms with E-state index in [2.05, 4.69) is 15.6 Å². The summed E-state index contributed by atoms with van der Waals surface area (Å²) in [5.74, 6) is -0.0642. The third kappa shape index (κ3) is 4.56. The fourth-order valence-electron chi connectivity index (χ4n) is 2.91. The quantitative estimate of drug-likeness (QED) is 0.896. The Hall–Kier alpha value is -2.89. The Kier molecular flexibility index (Phi) is 5.28. The number of benzene rings is 1. The van der Waals surface area contributed by atoms with Crippen LogP contribution in [-0.4, -0.2) is 34.8 Å². The number of hydrogen-bond acceptors (Lipinski definition) is 4. The molecular weight excluding hydrogens is 316 g/mol. The van der Waals surface area contributed by atoms with Crippen molar-refractivity contribution in [3.63, 3.8) is 0 Å². The summed E-state index contributed by atoms with van der Waals surface area (Å²) in [4.78, 5) is 29.7. The van der Waals surface area contributed by atoms with E-state index in [1.807, 2.05) is 35.2 Å². The molecule has 1 saturated heterocycles.